The second-order valence-electron chi connectivity index (χ2n) is 3.61. The molecule has 0 fully saturated rings. The first-order valence-electron chi connectivity index (χ1n) is 5.37. The van der Waals surface area contributed by atoms with Gasteiger partial charge in [0.2, 0.25) is 0 Å². The summed E-state index contributed by atoms with van der Waals surface area (Å²) in [7, 11) is 1.48. The van der Waals surface area contributed by atoms with Crippen molar-refractivity contribution in [2.75, 3.05) is 13.7 Å². The lowest BCUT2D eigenvalue weighted by atomic mass is 10.1. The van der Waals surface area contributed by atoms with Gasteiger partial charge in [-0.15, -0.1) is 0 Å². The molecule has 0 aliphatic carbocycles. The van der Waals surface area contributed by atoms with Crippen LogP contribution >= 0.6 is 0 Å². The van der Waals surface area contributed by atoms with Gasteiger partial charge in [-0.2, -0.15) is 0 Å². The van der Waals surface area contributed by atoms with Gasteiger partial charge in [0.1, 0.15) is 11.8 Å². The number of aliphatic hydroxyl groups excluding tert-OH is 1. The van der Waals surface area contributed by atoms with Crippen LogP contribution in [0, 0.1) is 0 Å². The standard InChI is InChI=1S/C12H15NO5/c1-18-9-4-2-3-8(7-9)11(15)13-10(5-6-14)12(16)17/h2-4,7,10,14H,5-6H2,1H3,(H,13,15)(H,16,17)/t10-/m1/s1. The van der Waals surface area contributed by atoms with Crippen molar-refractivity contribution in [3.8, 4) is 5.75 Å². The van der Waals surface area contributed by atoms with Gasteiger partial charge in [0.05, 0.1) is 7.11 Å². The lowest BCUT2D eigenvalue weighted by Gasteiger charge is -2.13. The number of carboxylic acid groups (broad SMARTS) is 1. The maximum atomic E-state index is 11.8. The van der Waals surface area contributed by atoms with Crippen LogP contribution in [0.5, 0.6) is 5.75 Å². The van der Waals surface area contributed by atoms with Crippen molar-refractivity contribution in [3.05, 3.63) is 29.8 Å². The molecule has 0 aliphatic heterocycles. The van der Waals surface area contributed by atoms with E-state index in [1.165, 1.54) is 13.2 Å². The number of carbonyl (C=O) groups is 2. The molecule has 3 N–H and O–H groups in total. The van der Waals surface area contributed by atoms with Crippen LogP contribution in [0.2, 0.25) is 0 Å². The molecule has 6 heteroatoms. The van der Waals surface area contributed by atoms with E-state index in [1.807, 2.05) is 0 Å². The minimum absolute atomic E-state index is 0.0367. The van der Waals surface area contributed by atoms with E-state index < -0.39 is 17.9 Å². The number of hydrogen-bond acceptors (Lipinski definition) is 4. The van der Waals surface area contributed by atoms with Gasteiger partial charge in [0.25, 0.3) is 5.91 Å². The summed E-state index contributed by atoms with van der Waals surface area (Å²) in [6.45, 7) is -0.310. The van der Waals surface area contributed by atoms with Crippen LogP contribution in [-0.2, 0) is 4.79 Å². The summed E-state index contributed by atoms with van der Waals surface area (Å²) in [5.41, 5.74) is 0.304. The molecule has 1 rings (SSSR count). The number of carboxylic acids is 1. The average molecular weight is 253 g/mol. The van der Waals surface area contributed by atoms with Gasteiger partial charge in [-0.05, 0) is 18.2 Å². The second kappa shape index (κ2) is 6.61. The van der Waals surface area contributed by atoms with E-state index >= 15 is 0 Å². The minimum atomic E-state index is -1.18. The molecule has 1 aromatic rings. The van der Waals surface area contributed by atoms with Gasteiger partial charge < -0.3 is 20.3 Å². The fourth-order valence-electron chi connectivity index (χ4n) is 1.39. The van der Waals surface area contributed by atoms with Gasteiger partial charge in [-0.1, -0.05) is 6.07 Å². The molecular weight excluding hydrogens is 238 g/mol. The van der Waals surface area contributed by atoms with Crippen molar-refractivity contribution in [1.82, 2.24) is 5.32 Å². The average Bonchev–Trinajstić information content (AvgIpc) is 2.38. The summed E-state index contributed by atoms with van der Waals surface area (Å²) in [6, 6.07) is 5.27. The van der Waals surface area contributed by atoms with E-state index in [0.717, 1.165) is 0 Å². The first-order chi connectivity index (χ1) is 8.58. The first-order valence-corrected chi connectivity index (χ1v) is 5.37. The van der Waals surface area contributed by atoms with E-state index in [-0.39, 0.29) is 13.0 Å². The summed E-state index contributed by atoms with van der Waals surface area (Å²) in [5.74, 6) is -1.19. The molecule has 0 radical (unpaired) electrons. The highest BCUT2D eigenvalue weighted by Crippen LogP contribution is 2.12. The van der Waals surface area contributed by atoms with E-state index in [9.17, 15) is 9.59 Å². The number of rotatable bonds is 6. The van der Waals surface area contributed by atoms with Gasteiger partial charge >= 0.3 is 5.97 Å². The van der Waals surface area contributed by atoms with Crippen LogP contribution in [0.15, 0.2) is 24.3 Å². The van der Waals surface area contributed by atoms with Crippen molar-refractivity contribution < 1.29 is 24.5 Å². The number of amides is 1. The lowest BCUT2D eigenvalue weighted by molar-refractivity contribution is -0.139. The van der Waals surface area contributed by atoms with E-state index in [4.69, 9.17) is 14.9 Å². The molecule has 0 saturated heterocycles. The van der Waals surface area contributed by atoms with Gasteiger partial charge in [-0.3, -0.25) is 4.79 Å². The molecule has 0 heterocycles. The summed E-state index contributed by atoms with van der Waals surface area (Å²) in [4.78, 5) is 22.6. The van der Waals surface area contributed by atoms with E-state index in [0.29, 0.717) is 11.3 Å². The Morgan fingerprint density at radius 1 is 1.44 bits per heavy atom. The molecule has 98 valence electrons. The number of nitrogens with one attached hydrogen (secondary N) is 1. The third kappa shape index (κ3) is 3.74. The Bertz CT molecular complexity index is 432. The predicted molar refractivity (Wildman–Crippen MR) is 63.6 cm³/mol. The Hall–Kier alpha value is -2.08. The zero-order chi connectivity index (χ0) is 13.5. The SMILES string of the molecule is COc1cccc(C(=O)N[C@H](CCO)C(=O)O)c1. The second-order valence-corrected chi connectivity index (χ2v) is 3.61. The first kappa shape index (κ1) is 14.0. The summed E-state index contributed by atoms with van der Waals surface area (Å²) >= 11 is 0. The maximum absolute atomic E-state index is 11.8. The van der Waals surface area contributed by atoms with E-state index in [2.05, 4.69) is 5.32 Å². The Morgan fingerprint density at radius 2 is 2.17 bits per heavy atom. The predicted octanol–water partition coefficient (Wildman–Crippen LogP) is 0.261. The Kier molecular flexibility index (Phi) is 5.13. The summed E-state index contributed by atoms with van der Waals surface area (Å²) in [6.07, 6.45) is -0.0367. The zero-order valence-corrected chi connectivity index (χ0v) is 9.92. The number of methoxy groups -OCH3 is 1. The summed E-state index contributed by atoms with van der Waals surface area (Å²) < 4.78 is 4.97. The monoisotopic (exact) mass is 253 g/mol. The highest BCUT2D eigenvalue weighted by molar-refractivity contribution is 5.96. The van der Waals surface area contributed by atoms with E-state index in [1.54, 1.807) is 18.2 Å². The molecular formula is C12H15NO5. The normalized spacial score (nSPS) is 11.7. The molecule has 0 spiro atoms. The summed E-state index contributed by atoms with van der Waals surface area (Å²) in [5, 5.41) is 19.9. The third-order valence-corrected chi connectivity index (χ3v) is 2.35. The lowest BCUT2D eigenvalue weighted by Crippen LogP contribution is -2.41. The molecule has 0 unspecified atom stereocenters. The molecule has 1 amide bonds. The fraction of sp³-hybridized carbons (Fsp3) is 0.333. The fourth-order valence-corrected chi connectivity index (χ4v) is 1.39. The third-order valence-electron chi connectivity index (χ3n) is 2.35. The number of ether oxygens (including phenoxy) is 1. The molecule has 1 aromatic carbocycles. The van der Waals surface area contributed by atoms with Crippen LogP contribution in [0.4, 0.5) is 0 Å². The van der Waals surface area contributed by atoms with Crippen LogP contribution in [0.3, 0.4) is 0 Å². The topological polar surface area (TPSA) is 95.9 Å². The van der Waals surface area contributed by atoms with Crippen LogP contribution in [0.1, 0.15) is 16.8 Å². The molecule has 18 heavy (non-hydrogen) atoms. The number of aliphatic carboxylic acids is 1. The van der Waals surface area contributed by atoms with Gasteiger partial charge in [0.15, 0.2) is 0 Å². The smallest absolute Gasteiger partial charge is 0.326 e. The van der Waals surface area contributed by atoms with Crippen LogP contribution in [0.25, 0.3) is 0 Å². The van der Waals surface area contributed by atoms with Crippen LogP contribution in [-0.4, -0.2) is 41.8 Å². The molecule has 0 saturated carbocycles. The zero-order valence-electron chi connectivity index (χ0n) is 9.92. The number of carbonyl (C=O) groups excluding carboxylic acids is 1. The molecule has 1 atom stereocenters. The Balaban J connectivity index is 2.76. The molecule has 6 nitrogen and oxygen atoms in total. The van der Waals surface area contributed by atoms with Crippen LogP contribution < -0.4 is 10.1 Å². The molecule has 0 aliphatic rings. The Morgan fingerprint density at radius 3 is 2.72 bits per heavy atom. The van der Waals surface area contributed by atoms with Crippen molar-refractivity contribution in [2.45, 2.75) is 12.5 Å². The Labute approximate surface area is 104 Å². The molecule has 0 bridgehead atoms. The molecule has 0 aromatic heterocycles. The maximum Gasteiger partial charge on any atom is 0.326 e. The number of aliphatic hydroxyl groups is 1. The van der Waals surface area contributed by atoms with Gasteiger partial charge in [0, 0.05) is 18.6 Å². The van der Waals surface area contributed by atoms with Crippen molar-refractivity contribution in [1.29, 1.82) is 0 Å². The highest BCUT2D eigenvalue weighted by Gasteiger charge is 2.20. The quantitative estimate of drug-likeness (QED) is 0.676. The number of benzene rings is 1. The van der Waals surface area contributed by atoms with Crippen molar-refractivity contribution >= 4 is 11.9 Å². The highest BCUT2D eigenvalue weighted by atomic mass is 16.5. The minimum Gasteiger partial charge on any atom is -0.497 e. The number of hydrogen-bond donors (Lipinski definition) is 3. The largest absolute Gasteiger partial charge is 0.497 e. The van der Waals surface area contributed by atoms with Gasteiger partial charge in [-0.25, -0.2) is 4.79 Å². The van der Waals surface area contributed by atoms with Crippen molar-refractivity contribution in [3.63, 3.8) is 0 Å². The van der Waals surface area contributed by atoms with Crippen molar-refractivity contribution in [2.24, 2.45) is 0 Å².